The van der Waals surface area contributed by atoms with Gasteiger partial charge in [-0.25, -0.2) is 0 Å². The number of rotatable bonds is 2. The third-order valence-corrected chi connectivity index (χ3v) is 7.64. The molecule has 1 saturated heterocycles. The standard InChI is InChI=1S/C25H19N3O4S/c29-21-12-27(22-6-3-9-33-22)25(30)18-11-16-15-4-1-2-5-17(15)26-23(16)24(28(18)21)14-7-8-19-20(10-14)32-13-31-19/h1-10,18,24,26H,11-13H2/t18-,24-/m1/s1. The number of benzene rings is 2. The molecule has 3 aliphatic heterocycles. The molecule has 0 aliphatic carbocycles. The third kappa shape index (κ3) is 2.67. The number of hydrogen-bond donors (Lipinski definition) is 1. The molecule has 0 bridgehead atoms. The van der Waals surface area contributed by atoms with Gasteiger partial charge in [-0.2, -0.15) is 0 Å². The molecule has 0 unspecified atom stereocenters. The van der Waals surface area contributed by atoms with Crippen LogP contribution in [-0.2, 0) is 16.0 Å². The van der Waals surface area contributed by atoms with Gasteiger partial charge in [-0.05, 0) is 46.8 Å². The van der Waals surface area contributed by atoms with Crippen molar-refractivity contribution in [3.8, 4) is 11.5 Å². The van der Waals surface area contributed by atoms with Crippen molar-refractivity contribution in [2.24, 2.45) is 0 Å². The first-order valence-corrected chi connectivity index (χ1v) is 11.7. The number of carbonyl (C=O) groups excluding carboxylic acids is 2. The average molecular weight is 458 g/mol. The predicted octanol–water partition coefficient (Wildman–Crippen LogP) is 3.85. The Morgan fingerprint density at radius 2 is 1.88 bits per heavy atom. The molecule has 2 amide bonds. The number of aromatic nitrogens is 1. The van der Waals surface area contributed by atoms with Gasteiger partial charge in [-0.3, -0.25) is 14.5 Å². The fourth-order valence-corrected chi connectivity index (χ4v) is 6.04. The molecule has 2 atom stereocenters. The lowest BCUT2D eigenvalue weighted by Crippen LogP contribution is -2.63. The van der Waals surface area contributed by atoms with Crippen LogP contribution in [0.15, 0.2) is 60.0 Å². The maximum atomic E-state index is 13.7. The lowest BCUT2D eigenvalue weighted by atomic mass is 9.86. The Bertz CT molecular complexity index is 1430. The molecule has 7 rings (SSSR count). The normalized spacial score (nSPS) is 21.5. The average Bonchev–Trinajstić information content (AvgIpc) is 3.59. The van der Waals surface area contributed by atoms with Gasteiger partial charge in [0.2, 0.25) is 12.7 Å². The minimum Gasteiger partial charge on any atom is -0.454 e. The Morgan fingerprint density at radius 1 is 1.00 bits per heavy atom. The molecular weight excluding hydrogens is 438 g/mol. The highest BCUT2D eigenvalue weighted by Crippen LogP contribution is 2.45. The molecule has 2 aromatic carbocycles. The van der Waals surface area contributed by atoms with Gasteiger partial charge in [0.05, 0.1) is 11.0 Å². The fourth-order valence-electron chi connectivity index (χ4n) is 5.30. The highest BCUT2D eigenvalue weighted by molar-refractivity contribution is 7.14. The van der Waals surface area contributed by atoms with Crippen molar-refractivity contribution in [3.05, 3.63) is 76.8 Å². The van der Waals surface area contributed by atoms with E-state index in [2.05, 4.69) is 11.1 Å². The van der Waals surface area contributed by atoms with Crippen LogP contribution in [0.2, 0.25) is 0 Å². The number of ether oxygens (including phenoxy) is 2. The number of piperazine rings is 1. The van der Waals surface area contributed by atoms with Crippen LogP contribution >= 0.6 is 11.3 Å². The van der Waals surface area contributed by atoms with Gasteiger partial charge < -0.3 is 19.4 Å². The van der Waals surface area contributed by atoms with E-state index in [1.54, 1.807) is 9.80 Å². The van der Waals surface area contributed by atoms with Crippen molar-refractivity contribution >= 4 is 39.1 Å². The van der Waals surface area contributed by atoms with E-state index in [4.69, 9.17) is 9.47 Å². The molecule has 2 aromatic heterocycles. The smallest absolute Gasteiger partial charge is 0.251 e. The summed E-state index contributed by atoms with van der Waals surface area (Å²) in [7, 11) is 0. The number of H-pyrrole nitrogens is 1. The van der Waals surface area contributed by atoms with E-state index in [0.29, 0.717) is 17.9 Å². The Morgan fingerprint density at radius 3 is 2.76 bits per heavy atom. The molecule has 7 nitrogen and oxygen atoms in total. The summed E-state index contributed by atoms with van der Waals surface area (Å²) in [5.41, 5.74) is 3.94. The summed E-state index contributed by atoms with van der Waals surface area (Å²) >= 11 is 1.47. The molecular formula is C25H19N3O4S. The van der Waals surface area contributed by atoms with Gasteiger partial charge in [0.1, 0.15) is 12.6 Å². The number of hydrogen-bond acceptors (Lipinski definition) is 5. The summed E-state index contributed by atoms with van der Waals surface area (Å²) < 4.78 is 11.1. The SMILES string of the molecule is O=C1[C@H]2Cc3c([nH]c4ccccc34)[C@@H](c3ccc4c(c3)OCO4)N2C(=O)CN1c1cccs1. The van der Waals surface area contributed by atoms with E-state index in [9.17, 15) is 9.59 Å². The molecule has 164 valence electrons. The highest BCUT2D eigenvalue weighted by atomic mass is 32.1. The van der Waals surface area contributed by atoms with Crippen LogP contribution in [0.5, 0.6) is 11.5 Å². The molecule has 33 heavy (non-hydrogen) atoms. The van der Waals surface area contributed by atoms with E-state index in [1.165, 1.54) is 11.3 Å². The number of amides is 2. The predicted molar refractivity (Wildman–Crippen MR) is 124 cm³/mol. The lowest BCUT2D eigenvalue weighted by molar-refractivity contribution is -0.145. The molecule has 0 spiro atoms. The molecule has 8 heteroatoms. The minimum absolute atomic E-state index is 0.0342. The molecule has 4 aromatic rings. The van der Waals surface area contributed by atoms with Gasteiger partial charge in [-0.15, -0.1) is 11.3 Å². The Balaban J connectivity index is 1.42. The van der Waals surface area contributed by atoms with Gasteiger partial charge in [0, 0.05) is 23.0 Å². The first kappa shape index (κ1) is 18.8. The quantitative estimate of drug-likeness (QED) is 0.496. The van der Waals surface area contributed by atoms with Crippen LogP contribution in [0.1, 0.15) is 22.9 Å². The topological polar surface area (TPSA) is 74.9 Å². The summed E-state index contributed by atoms with van der Waals surface area (Å²) in [4.78, 5) is 34.3. The van der Waals surface area contributed by atoms with E-state index >= 15 is 0 Å². The van der Waals surface area contributed by atoms with Crippen molar-refractivity contribution in [2.75, 3.05) is 18.2 Å². The van der Waals surface area contributed by atoms with Crippen LogP contribution in [-0.4, -0.2) is 41.1 Å². The molecule has 0 saturated carbocycles. The van der Waals surface area contributed by atoms with Crippen LogP contribution in [0, 0.1) is 0 Å². The van der Waals surface area contributed by atoms with Gasteiger partial charge in [0.15, 0.2) is 11.5 Å². The molecule has 3 aliphatic rings. The number of para-hydroxylation sites is 1. The van der Waals surface area contributed by atoms with Crippen LogP contribution in [0.25, 0.3) is 10.9 Å². The summed E-state index contributed by atoms with van der Waals surface area (Å²) in [6.45, 7) is 0.215. The Hall–Kier alpha value is -3.78. The second-order valence-electron chi connectivity index (χ2n) is 8.47. The monoisotopic (exact) mass is 457 g/mol. The number of anilines is 1. The van der Waals surface area contributed by atoms with Crippen molar-refractivity contribution in [2.45, 2.75) is 18.5 Å². The third-order valence-electron chi connectivity index (χ3n) is 6.75. The number of thiophene rings is 1. The van der Waals surface area contributed by atoms with Crippen molar-refractivity contribution in [1.82, 2.24) is 9.88 Å². The summed E-state index contributed by atoms with van der Waals surface area (Å²) in [5, 5.41) is 3.82. The first-order chi connectivity index (χ1) is 16.2. The van der Waals surface area contributed by atoms with Crippen molar-refractivity contribution < 1.29 is 19.1 Å². The second-order valence-corrected chi connectivity index (χ2v) is 9.40. The first-order valence-electron chi connectivity index (χ1n) is 10.8. The van der Waals surface area contributed by atoms with Gasteiger partial charge >= 0.3 is 0 Å². The maximum Gasteiger partial charge on any atom is 0.251 e. The minimum atomic E-state index is -0.574. The van der Waals surface area contributed by atoms with Crippen LogP contribution in [0.4, 0.5) is 5.00 Å². The lowest BCUT2D eigenvalue weighted by Gasteiger charge is -2.46. The number of carbonyl (C=O) groups is 2. The number of nitrogens with one attached hydrogen (secondary N) is 1. The maximum absolute atomic E-state index is 13.7. The Labute approximate surface area is 193 Å². The largest absolute Gasteiger partial charge is 0.454 e. The summed E-state index contributed by atoms with van der Waals surface area (Å²) in [6, 6.07) is 16.7. The fraction of sp³-hybridized carbons (Fsp3) is 0.200. The van der Waals surface area contributed by atoms with Crippen LogP contribution in [0.3, 0.4) is 0 Å². The summed E-state index contributed by atoms with van der Waals surface area (Å²) in [5.74, 6) is 1.23. The van der Waals surface area contributed by atoms with Gasteiger partial charge in [-0.1, -0.05) is 24.3 Å². The molecule has 1 fully saturated rings. The second kappa shape index (κ2) is 6.86. The van der Waals surface area contributed by atoms with E-state index in [1.807, 2.05) is 53.9 Å². The highest BCUT2D eigenvalue weighted by Gasteiger charge is 2.48. The number of nitrogens with zero attached hydrogens (tertiary/aromatic N) is 2. The van der Waals surface area contributed by atoms with Crippen molar-refractivity contribution in [3.63, 3.8) is 0 Å². The van der Waals surface area contributed by atoms with Crippen molar-refractivity contribution in [1.29, 1.82) is 0 Å². The zero-order valence-electron chi connectivity index (χ0n) is 17.5. The van der Waals surface area contributed by atoms with E-state index in [-0.39, 0.29) is 25.2 Å². The number of fused-ring (bicyclic) bond motifs is 5. The zero-order valence-corrected chi connectivity index (χ0v) is 18.3. The van der Waals surface area contributed by atoms with E-state index < -0.39 is 12.1 Å². The molecule has 1 N–H and O–H groups in total. The van der Waals surface area contributed by atoms with Gasteiger partial charge in [0.25, 0.3) is 5.91 Å². The van der Waals surface area contributed by atoms with E-state index in [0.717, 1.165) is 32.7 Å². The molecule has 5 heterocycles. The Kier molecular flexibility index (Phi) is 3.90. The number of aromatic amines is 1. The summed E-state index contributed by atoms with van der Waals surface area (Å²) in [6.07, 6.45) is 0.479. The molecule has 0 radical (unpaired) electrons. The van der Waals surface area contributed by atoms with Crippen LogP contribution < -0.4 is 14.4 Å². The zero-order chi connectivity index (χ0) is 22.1.